The number of aliphatic hydroxyl groups is 1. The number of halogens is 3. The van der Waals surface area contributed by atoms with Crippen molar-refractivity contribution >= 4 is 23.2 Å². The molecule has 0 radical (unpaired) electrons. The first-order valence-corrected chi connectivity index (χ1v) is 10.7. The molecule has 1 saturated carbocycles. The number of aryl methyl sites for hydroxylation is 1. The quantitative estimate of drug-likeness (QED) is 0.471. The highest BCUT2D eigenvalue weighted by molar-refractivity contribution is 6.32. The van der Waals surface area contributed by atoms with Crippen molar-refractivity contribution in [3.8, 4) is 22.4 Å². The second-order valence-electron chi connectivity index (χ2n) is 8.64. The minimum atomic E-state index is -0.751. The molecule has 1 aliphatic carbocycles. The standard InChI is InChI=1S/C23H20ClF2N5O2/c1-23(33)9-13(10-23)27-22(32)12-6-7-31-17(8-12)28-19(20(31)24)18-14(4-3-5-16(18)25)15-11-30(2)29-21(15)26/h3-8,11,13,33H,9-10H2,1-2H3,(H,27,32). The molecular formula is C23H20ClF2N5O2. The third-order valence-electron chi connectivity index (χ3n) is 5.86. The summed E-state index contributed by atoms with van der Waals surface area (Å²) in [7, 11) is 1.57. The SMILES string of the molecule is Cn1cc(-c2cccc(F)c2-c2nc3cc(C(=O)NC4CC(C)(O)C4)ccn3c2Cl)c(F)n1. The smallest absolute Gasteiger partial charge is 0.251 e. The molecule has 0 bridgehead atoms. The van der Waals surface area contributed by atoms with Crippen molar-refractivity contribution in [3.05, 3.63) is 65.2 Å². The molecule has 0 spiro atoms. The molecule has 3 aromatic heterocycles. The van der Waals surface area contributed by atoms with Crippen molar-refractivity contribution in [3.63, 3.8) is 0 Å². The van der Waals surface area contributed by atoms with E-state index >= 15 is 0 Å². The Balaban J connectivity index is 1.55. The first kappa shape index (κ1) is 21.5. The number of benzene rings is 1. The summed E-state index contributed by atoms with van der Waals surface area (Å²) in [5.74, 6) is -1.66. The van der Waals surface area contributed by atoms with E-state index in [2.05, 4.69) is 15.4 Å². The van der Waals surface area contributed by atoms with Gasteiger partial charge in [-0.1, -0.05) is 23.7 Å². The summed E-state index contributed by atoms with van der Waals surface area (Å²) >= 11 is 6.54. The molecule has 0 atom stereocenters. The summed E-state index contributed by atoms with van der Waals surface area (Å²) < 4.78 is 32.2. The van der Waals surface area contributed by atoms with Crippen LogP contribution in [-0.4, -0.2) is 41.8 Å². The van der Waals surface area contributed by atoms with E-state index in [-0.39, 0.29) is 39.5 Å². The Labute approximate surface area is 192 Å². The Morgan fingerprint density at radius 3 is 2.70 bits per heavy atom. The van der Waals surface area contributed by atoms with Gasteiger partial charge in [0.1, 0.15) is 22.3 Å². The van der Waals surface area contributed by atoms with E-state index in [0.29, 0.717) is 24.1 Å². The van der Waals surface area contributed by atoms with Crippen LogP contribution in [-0.2, 0) is 7.05 Å². The first-order chi connectivity index (χ1) is 15.6. The number of pyridine rings is 1. The minimum absolute atomic E-state index is 0.0424. The normalized spacial score (nSPS) is 20.1. The van der Waals surface area contributed by atoms with Crippen LogP contribution < -0.4 is 5.32 Å². The van der Waals surface area contributed by atoms with Gasteiger partial charge in [-0.25, -0.2) is 9.37 Å². The van der Waals surface area contributed by atoms with E-state index in [1.807, 2.05) is 0 Å². The molecule has 5 rings (SSSR count). The van der Waals surface area contributed by atoms with Crippen LogP contribution in [0, 0.1) is 11.8 Å². The molecular weight excluding hydrogens is 452 g/mol. The number of carbonyl (C=O) groups is 1. The number of fused-ring (bicyclic) bond motifs is 1. The van der Waals surface area contributed by atoms with Gasteiger partial charge >= 0.3 is 0 Å². The van der Waals surface area contributed by atoms with Crippen LogP contribution in [0.25, 0.3) is 28.0 Å². The summed E-state index contributed by atoms with van der Waals surface area (Å²) in [4.78, 5) is 17.1. The molecule has 0 unspecified atom stereocenters. The molecule has 3 heterocycles. The van der Waals surface area contributed by atoms with Crippen LogP contribution in [0.2, 0.25) is 5.15 Å². The molecule has 0 aliphatic heterocycles. The van der Waals surface area contributed by atoms with Crippen molar-refractivity contribution in [1.29, 1.82) is 0 Å². The molecule has 10 heteroatoms. The topological polar surface area (TPSA) is 84.5 Å². The molecule has 1 fully saturated rings. The summed E-state index contributed by atoms with van der Waals surface area (Å²) in [6.45, 7) is 1.73. The zero-order valence-corrected chi connectivity index (χ0v) is 18.6. The lowest BCUT2D eigenvalue weighted by atomic mass is 9.77. The Hall–Kier alpha value is -3.30. The first-order valence-electron chi connectivity index (χ1n) is 10.3. The van der Waals surface area contributed by atoms with Crippen molar-refractivity contribution in [2.45, 2.75) is 31.4 Å². The third kappa shape index (κ3) is 3.77. The molecule has 0 saturated heterocycles. The molecule has 4 aromatic rings. The lowest BCUT2D eigenvalue weighted by Crippen LogP contribution is -2.53. The van der Waals surface area contributed by atoms with Crippen LogP contribution in [0.3, 0.4) is 0 Å². The number of nitrogens with one attached hydrogen (secondary N) is 1. The number of imidazole rings is 1. The third-order valence-corrected chi connectivity index (χ3v) is 6.22. The van der Waals surface area contributed by atoms with Crippen LogP contribution in [0.4, 0.5) is 8.78 Å². The average Bonchev–Trinajstić information content (AvgIpc) is 3.24. The van der Waals surface area contributed by atoms with E-state index in [0.717, 1.165) is 0 Å². The number of hydrogen-bond donors (Lipinski definition) is 2. The highest BCUT2D eigenvalue weighted by atomic mass is 35.5. The van der Waals surface area contributed by atoms with Crippen LogP contribution in [0.5, 0.6) is 0 Å². The zero-order chi connectivity index (χ0) is 23.5. The van der Waals surface area contributed by atoms with E-state index in [4.69, 9.17) is 11.6 Å². The van der Waals surface area contributed by atoms with Gasteiger partial charge in [-0.05, 0) is 38.0 Å². The zero-order valence-electron chi connectivity index (χ0n) is 17.8. The van der Waals surface area contributed by atoms with Gasteiger partial charge in [0.15, 0.2) is 0 Å². The Kier molecular flexibility index (Phi) is 4.98. The highest BCUT2D eigenvalue weighted by Crippen LogP contribution is 2.38. The second kappa shape index (κ2) is 7.64. The molecule has 33 heavy (non-hydrogen) atoms. The van der Waals surface area contributed by atoms with Crippen molar-refractivity contribution < 1.29 is 18.7 Å². The molecule has 7 nitrogen and oxygen atoms in total. The summed E-state index contributed by atoms with van der Waals surface area (Å²) in [6, 6.07) is 7.33. The Morgan fingerprint density at radius 1 is 1.27 bits per heavy atom. The predicted molar refractivity (Wildman–Crippen MR) is 119 cm³/mol. The van der Waals surface area contributed by atoms with Crippen LogP contribution >= 0.6 is 11.6 Å². The number of nitrogens with zero attached hydrogens (tertiary/aromatic N) is 4. The Morgan fingerprint density at radius 2 is 2.03 bits per heavy atom. The van der Waals surface area contributed by atoms with Crippen molar-refractivity contribution in [2.24, 2.45) is 7.05 Å². The lowest BCUT2D eigenvalue weighted by Gasteiger charge is -2.41. The van der Waals surface area contributed by atoms with Gasteiger partial charge < -0.3 is 10.4 Å². The number of carbonyl (C=O) groups excluding carboxylic acids is 1. The van der Waals surface area contributed by atoms with Crippen molar-refractivity contribution in [1.82, 2.24) is 24.5 Å². The second-order valence-corrected chi connectivity index (χ2v) is 9.00. The van der Waals surface area contributed by atoms with Crippen LogP contribution in [0.1, 0.15) is 30.1 Å². The van der Waals surface area contributed by atoms with E-state index in [9.17, 15) is 18.7 Å². The van der Waals surface area contributed by atoms with E-state index in [1.165, 1.54) is 27.4 Å². The molecule has 2 N–H and O–H groups in total. The van der Waals surface area contributed by atoms with Gasteiger partial charge in [0.25, 0.3) is 5.91 Å². The van der Waals surface area contributed by atoms with Crippen molar-refractivity contribution in [2.75, 3.05) is 0 Å². The Bertz CT molecular complexity index is 1400. The minimum Gasteiger partial charge on any atom is -0.390 e. The number of rotatable bonds is 4. The van der Waals surface area contributed by atoms with Crippen LogP contribution in [0.15, 0.2) is 42.7 Å². The molecule has 170 valence electrons. The van der Waals surface area contributed by atoms with Gasteiger partial charge in [-0.15, -0.1) is 5.10 Å². The maximum Gasteiger partial charge on any atom is 0.251 e. The molecule has 1 aliphatic rings. The fourth-order valence-corrected chi connectivity index (χ4v) is 4.60. The highest BCUT2D eigenvalue weighted by Gasteiger charge is 2.39. The molecule has 1 aromatic carbocycles. The number of hydrogen-bond acceptors (Lipinski definition) is 4. The fraction of sp³-hybridized carbons (Fsp3) is 0.261. The number of aromatic nitrogens is 4. The lowest BCUT2D eigenvalue weighted by molar-refractivity contribution is -0.0366. The van der Waals surface area contributed by atoms with E-state index in [1.54, 1.807) is 38.4 Å². The van der Waals surface area contributed by atoms with Gasteiger partial charge in [0.2, 0.25) is 5.95 Å². The molecule has 1 amide bonds. The number of amides is 1. The van der Waals surface area contributed by atoms with Gasteiger partial charge in [-0.3, -0.25) is 13.9 Å². The summed E-state index contributed by atoms with van der Waals surface area (Å²) in [6.07, 6.45) is 4.01. The van der Waals surface area contributed by atoms with Gasteiger partial charge in [0.05, 0.1) is 11.2 Å². The summed E-state index contributed by atoms with van der Waals surface area (Å²) in [5, 5.41) is 16.6. The monoisotopic (exact) mass is 471 g/mol. The summed E-state index contributed by atoms with van der Waals surface area (Å²) in [5.41, 5.74) is 0.496. The van der Waals surface area contributed by atoms with E-state index < -0.39 is 17.4 Å². The van der Waals surface area contributed by atoms with Gasteiger partial charge in [-0.2, -0.15) is 4.39 Å². The predicted octanol–water partition coefficient (Wildman–Crippen LogP) is 3.98. The largest absolute Gasteiger partial charge is 0.390 e. The van der Waals surface area contributed by atoms with Gasteiger partial charge in [0, 0.05) is 42.2 Å². The maximum atomic E-state index is 15.0. The maximum absolute atomic E-state index is 15.0. The fourth-order valence-electron chi connectivity index (χ4n) is 4.32. The average molecular weight is 472 g/mol.